The molecule has 0 aliphatic heterocycles. The molecule has 5 heteroatoms. The van der Waals surface area contributed by atoms with Crippen LogP contribution in [0.25, 0.3) is 11.3 Å². The van der Waals surface area contributed by atoms with Gasteiger partial charge >= 0.3 is 0 Å². The van der Waals surface area contributed by atoms with Gasteiger partial charge in [-0.3, -0.25) is 4.98 Å². The number of nitrogens with zero attached hydrogens (tertiary/aromatic N) is 4. The fourth-order valence-electron chi connectivity index (χ4n) is 2.01. The molecule has 0 spiro atoms. The van der Waals surface area contributed by atoms with Crippen LogP contribution in [0.5, 0.6) is 5.75 Å². The van der Waals surface area contributed by atoms with Gasteiger partial charge in [-0.05, 0) is 24.3 Å². The Labute approximate surface area is 122 Å². The van der Waals surface area contributed by atoms with Crippen molar-refractivity contribution in [3.63, 3.8) is 0 Å². The predicted molar refractivity (Wildman–Crippen MR) is 81.4 cm³/mol. The Bertz CT molecular complexity index is 746. The fourth-order valence-corrected chi connectivity index (χ4v) is 2.01. The van der Waals surface area contributed by atoms with Gasteiger partial charge in [0.1, 0.15) is 5.75 Å². The van der Waals surface area contributed by atoms with Gasteiger partial charge in [-0.2, -0.15) is 0 Å². The maximum absolute atomic E-state index is 9.51. The lowest BCUT2D eigenvalue weighted by Gasteiger charge is -2.17. The van der Waals surface area contributed by atoms with Crippen LogP contribution < -0.4 is 4.90 Å². The van der Waals surface area contributed by atoms with E-state index in [-0.39, 0.29) is 5.75 Å². The van der Waals surface area contributed by atoms with Crippen molar-refractivity contribution in [3.05, 3.63) is 61.1 Å². The van der Waals surface area contributed by atoms with Crippen LogP contribution in [0.2, 0.25) is 0 Å². The monoisotopic (exact) mass is 278 g/mol. The van der Waals surface area contributed by atoms with Gasteiger partial charge < -0.3 is 10.0 Å². The van der Waals surface area contributed by atoms with E-state index in [0.29, 0.717) is 11.6 Å². The van der Waals surface area contributed by atoms with E-state index in [1.54, 1.807) is 24.5 Å². The molecule has 1 N–H and O–H groups in total. The zero-order chi connectivity index (χ0) is 14.7. The molecule has 0 aliphatic rings. The number of para-hydroxylation sites is 1. The highest BCUT2D eigenvalue weighted by atomic mass is 16.3. The second-order valence-electron chi connectivity index (χ2n) is 4.57. The average Bonchev–Trinajstić information content (AvgIpc) is 2.55. The number of aromatic nitrogens is 3. The lowest BCUT2D eigenvalue weighted by Crippen LogP contribution is -2.13. The predicted octanol–water partition coefficient (Wildman–Crippen LogP) is 3.01. The van der Waals surface area contributed by atoms with Crippen molar-refractivity contribution in [1.82, 2.24) is 15.0 Å². The number of pyridine rings is 1. The highest BCUT2D eigenvalue weighted by Crippen LogP contribution is 2.24. The second-order valence-corrected chi connectivity index (χ2v) is 4.57. The first-order chi connectivity index (χ1) is 10.2. The zero-order valence-electron chi connectivity index (χ0n) is 11.5. The van der Waals surface area contributed by atoms with Crippen molar-refractivity contribution >= 4 is 11.6 Å². The lowest BCUT2D eigenvalue weighted by molar-refractivity contribution is 0.473. The van der Waals surface area contributed by atoms with Crippen molar-refractivity contribution < 1.29 is 5.11 Å². The molecular weight excluding hydrogens is 264 g/mol. The van der Waals surface area contributed by atoms with E-state index in [1.807, 2.05) is 42.3 Å². The quantitative estimate of drug-likeness (QED) is 0.798. The molecule has 0 unspecified atom stereocenters. The van der Waals surface area contributed by atoms with E-state index < -0.39 is 0 Å². The molecule has 0 saturated carbocycles. The van der Waals surface area contributed by atoms with Crippen molar-refractivity contribution in [2.24, 2.45) is 0 Å². The third-order valence-corrected chi connectivity index (χ3v) is 3.11. The van der Waals surface area contributed by atoms with E-state index >= 15 is 0 Å². The Morgan fingerprint density at radius 3 is 2.62 bits per heavy atom. The van der Waals surface area contributed by atoms with Gasteiger partial charge in [0, 0.05) is 30.7 Å². The van der Waals surface area contributed by atoms with Crippen LogP contribution in [0, 0.1) is 0 Å². The normalized spacial score (nSPS) is 10.3. The van der Waals surface area contributed by atoms with E-state index in [0.717, 1.165) is 11.3 Å². The molecule has 1 aromatic carbocycles. The highest BCUT2D eigenvalue weighted by molar-refractivity contribution is 5.63. The Kier molecular flexibility index (Phi) is 3.47. The van der Waals surface area contributed by atoms with Gasteiger partial charge in [0.2, 0.25) is 5.95 Å². The van der Waals surface area contributed by atoms with Crippen molar-refractivity contribution in [3.8, 4) is 17.0 Å². The Hall–Kier alpha value is -2.95. The SMILES string of the molecule is CN(c1ccccc1)c1nccc(-c2cncc(O)c2)n1. The summed E-state index contributed by atoms with van der Waals surface area (Å²) < 4.78 is 0. The molecule has 3 aromatic rings. The van der Waals surface area contributed by atoms with Crippen LogP contribution in [0.3, 0.4) is 0 Å². The molecule has 0 bridgehead atoms. The Balaban J connectivity index is 1.97. The number of aromatic hydroxyl groups is 1. The van der Waals surface area contributed by atoms with Crippen LogP contribution in [-0.4, -0.2) is 27.1 Å². The van der Waals surface area contributed by atoms with E-state index in [2.05, 4.69) is 15.0 Å². The molecule has 0 amide bonds. The van der Waals surface area contributed by atoms with Gasteiger partial charge in [0.25, 0.3) is 0 Å². The lowest BCUT2D eigenvalue weighted by atomic mass is 10.2. The summed E-state index contributed by atoms with van der Waals surface area (Å²) in [5.74, 6) is 0.700. The van der Waals surface area contributed by atoms with E-state index in [4.69, 9.17) is 0 Å². The molecule has 104 valence electrons. The largest absolute Gasteiger partial charge is 0.506 e. The van der Waals surface area contributed by atoms with E-state index in [9.17, 15) is 5.11 Å². The van der Waals surface area contributed by atoms with Crippen LogP contribution >= 0.6 is 0 Å². The number of hydrogen-bond acceptors (Lipinski definition) is 5. The maximum atomic E-state index is 9.51. The molecule has 0 aliphatic carbocycles. The minimum absolute atomic E-state index is 0.115. The molecule has 3 rings (SSSR count). The van der Waals surface area contributed by atoms with Crippen LogP contribution in [0.15, 0.2) is 61.1 Å². The number of hydrogen-bond donors (Lipinski definition) is 1. The number of benzene rings is 1. The van der Waals surface area contributed by atoms with E-state index in [1.165, 1.54) is 6.20 Å². The Morgan fingerprint density at radius 1 is 1.05 bits per heavy atom. The first-order valence-corrected chi connectivity index (χ1v) is 6.50. The summed E-state index contributed by atoms with van der Waals surface area (Å²) in [6.07, 6.45) is 4.75. The summed E-state index contributed by atoms with van der Waals surface area (Å²) in [7, 11) is 1.91. The highest BCUT2D eigenvalue weighted by Gasteiger charge is 2.09. The van der Waals surface area contributed by atoms with Crippen LogP contribution in [-0.2, 0) is 0 Å². The number of anilines is 2. The topological polar surface area (TPSA) is 62.1 Å². The summed E-state index contributed by atoms with van der Waals surface area (Å²) in [5.41, 5.74) is 2.47. The molecule has 0 fully saturated rings. The molecule has 0 saturated heterocycles. The summed E-state index contributed by atoms with van der Waals surface area (Å²) in [4.78, 5) is 14.7. The smallest absolute Gasteiger partial charge is 0.230 e. The molecular formula is C16H14N4O. The van der Waals surface area contributed by atoms with Gasteiger partial charge in [-0.15, -0.1) is 0 Å². The van der Waals surface area contributed by atoms with Crippen LogP contribution in [0.4, 0.5) is 11.6 Å². The summed E-state index contributed by atoms with van der Waals surface area (Å²) >= 11 is 0. The summed E-state index contributed by atoms with van der Waals surface area (Å²) in [6.45, 7) is 0. The first kappa shape index (κ1) is 13.1. The fraction of sp³-hybridized carbons (Fsp3) is 0.0625. The summed E-state index contributed by atoms with van der Waals surface area (Å²) in [5, 5.41) is 9.51. The second kappa shape index (κ2) is 5.58. The Morgan fingerprint density at radius 2 is 1.86 bits per heavy atom. The van der Waals surface area contributed by atoms with Crippen molar-refractivity contribution in [2.75, 3.05) is 11.9 Å². The minimum atomic E-state index is 0.115. The van der Waals surface area contributed by atoms with Crippen molar-refractivity contribution in [1.29, 1.82) is 0 Å². The third-order valence-electron chi connectivity index (χ3n) is 3.11. The first-order valence-electron chi connectivity index (χ1n) is 6.50. The van der Waals surface area contributed by atoms with Gasteiger partial charge in [-0.25, -0.2) is 9.97 Å². The number of rotatable bonds is 3. The van der Waals surface area contributed by atoms with Gasteiger partial charge in [-0.1, -0.05) is 18.2 Å². The molecule has 0 radical (unpaired) electrons. The zero-order valence-corrected chi connectivity index (χ0v) is 11.5. The average molecular weight is 278 g/mol. The summed E-state index contributed by atoms with van der Waals surface area (Å²) in [6, 6.07) is 13.3. The van der Waals surface area contributed by atoms with Crippen molar-refractivity contribution in [2.45, 2.75) is 0 Å². The molecule has 0 atom stereocenters. The van der Waals surface area contributed by atoms with Crippen LogP contribution in [0.1, 0.15) is 0 Å². The maximum Gasteiger partial charge on any atom is 0.230 e. The molecule has 5 nitrogen and oxygen atoms in total. The minimum Gasteiger partial charge on any atom is -0.506 e. The van der Waals surface area contributed by atoms with Gasteiger partial charge in [0.05, 0.1) is 11.9 Å². The third kappa shape index (κ3) is 2.81. The molecule has 2 aromatic heterocycles. The molecule has 21 heavy (non-hydrogen) atoms. The van der Waals surface area contributed by atoms with Gasteiger partial charge in [0.15, 0.2) is 0 Å². The molecule has 2 heterocycles. The standard InChI is InChI=1S/C16H14N4O/c1-20(13-5-3-2-4-6-13)16-18-8-7-15(19-16)12-9-14(21)11-17-10-12/h2-11,21H,1H3.